The molecule has 0 aliphatic carbocycles. The molecule has 1 aromatic rings. The summed E-state index contributed by atoms with van der Waals surface area (Å²) in [6.45, 7) is -0.553. The first-order chi connectivity index (χ1) is 7.38. The Hall–Kier alpha value is -0.420. The predicted molar refractivity (Wildman–Crippen MR) is 61.1 cm³/mol. The lowest BCUT2D eigenvalue weighted by atomic mass is 10.2. The van der Waals surface area contributed by atoms with Crippen LogP contribution in [-0.4, -0.2) is 19.3 Å². The van der Waals surface area contributed by atoms with E-state index in [-0.39, 0.29) is 0 Å². The van der Waals surface area contributed by atoms with Crippen LogP contribution in [-0.2, 0) is 6.42 Å². The summed E-state index contributed by atoms with van der Waals surface area (Å²) < 4.78 is 37.6. The number of benzene rings is 1. The van der Waals surface area contributed by atoms with E-state index in [0.717, 1.165) is 10.0 Å². The van der Waals surface area contributed by atoms with Crippen molar-refractivity contribution < 1.29 is 13.2 Å². The van der Waals surface area contributed by atoms with Crippen molar-refractivity contribution in [1.82, 2.24) is 0 Å². The molecule has 2 rings (SSSR count). The average Bonchev–Trinajstić information content (AvgIpc) is 2.53. The zero-order chi connectivity index (χ0) is 11.9. The van der Waals surface area contributed by atoms with Crippen molar-refractivity contribution in [2.45, 2.75) is 12.6 Å². The van der Waals surface area contributed by atoms with Gasteiger partial charge in [0.15, 0.2) is 0 Å². The molecule has 1 nitrogen and oxygen atoms in total. The molecule has 16 heavy (non-hydrogen) atoms. The number of anilines is 1. The van der Waals surface area contributed by atoms with Crippen LogP contribution >= 0.6 is 27.5 Å². The predicted octanol–water partition coefficient (Wildman–Crippen LogP) is 4.03. The first kappa shape index (κ1) is 12.0. The normalized spacial score (nSPS) is 15.4. The standard InChI is InChI=1S/C10H8BrClF3N/c11-7-1-2-8-6(9(7)12)3-4-16(8)5-10(13,14)15/h1-2H,3-5H2. The topological polar surface area (TPSA) is 3.24 Å². The molecule has 1 heterocycles. The van der Waals surface area contributed by atoms with E-state index in [4.69, 9.17) is 11.6 Å². The van der Waals surface area contributed by atoms with Gasteiger partial charge in [0.25, 0.3) is 0 Å². The van der Waals surface area contributed by atoms with Crippen molar-refractivity contribution in [3.63, 3.8) is 0 Å². The smallest absolute Gasteiger partial charge is 0.362 e. The van der Waals surface area contributed by atoms with Gasteiger partial charge in [-0.3, -0.25) is 0 Å². The van der Waals surface area contributed by atoms with Crippen molar-refractivity contribution in [1.29, 1.82) is 0 Å². The first-order valence-electron chi connectivity index (χ1n) is 4.67. The highest BCUT2D eigenvalue weighted by atomic mass is 79.9. The summed E-state index contributed by atoms with van der Waals surface area (Å²) in [5, 5.41) is 0.516. The summed E-state index contributed by atoms with van der Waals surface area (Å²) in [4.78, 5) is 1.31. The number of hydrogen-bond donors (Lipinski definition) is 0. The summed E-state index contributed by atoms with van der Waals surface area (Å²) in [5.41, 5.74) is 1.38. The molecule has 1 aromatic carbocycles. The van der Waals surface area contributed by atoms with Crippen molar-refractivity contribution in [2.24, 2.45) is 0 Å². The van der Waals surface area contributed by atoms with Crippen LogP contribution in [0.2, 0.25) is 5.02 Å². The van der Waals surface area contributed by atoms with E-state index >= 15 is 0 Å². The molecule has 0 unspecified atom stereocenters. The van der Waals surface area contributed by atoms with Crippen LogP contribution in [0.4, 0.5) is 18.9 Å². The highest BCUT2D eigenvalue weighted by Crippen LogP contribution is 2.38. The SMILES string of the molecule is FC(F)(F)CN1CCc2c1ccc(Br)c2Cl. The Labute approximate surface area is 104 Å². The molecule has 0 N–H and O–H groups in total. The van der Waals surface area contributed by atoms with Crippen LogP contribution in [0.15, 0.2) is 16.6 Å². The number of hydrogen-bond acceptors (Lipinski definition) is 1. The monoisotopic (exact) mass is 313 g/mol. The van der Waals surface area contributed by atoms with Crippen LogP contribution < -0.4 is 4.90 Å². The highest BCUT2D eigenvalue weighted by Gasteiger charge is 2.34. The molecular formula is C10H8BrClF3N. The number of alkyl halides is 3. The lowest BCUT2D eigenvalue weighted by Gasteiger charge is -2.21. The molecule has 0 spiro atoms. The Kier molecular flexibility index (Phi) is 3.09. The number of nitrogens with zero attached hydrogens (tertiary/aromatic N) is 1. The van der Waals surface area contributed by atoms with Crippen molar-refractivity contribution >= 4 is 33.2 Å². The second-order valence-electron chi connectivity index (χ2n) is 3.65. The fourth-order valence-electron chi connectivity index (χ4n) is 1.86. The highest BCUT2D eigenvalue weighted by molar-refractivity contribution is 9.10. The van der Waals surface area contributed by atoms with E-state index in [1.165, 1.54) is 4.90 Å². The van der Waals surface area contributed by atoms with E-state index in [1.54, 1.807) is 12.1 Å². The second kappa shape index (κ2) is 4.11. The third-order valence-electron chi connectivity index (χ3n) is 2.51. The van der Waals surface area contributed by atoms with Gasteiger partial charge in [0, 0.05) is 16.7 Å². The molecule has 0 saturated heterocycles. The van der Waals surface area contributed by atoms with Crippen LogP contribution in [0.3, 0.4) is 0 Å². The number of halogens is 5. The maximum absolute atomic E-state index is 12.3. The molecule has 88 valence electrons. The van der Waals surface area contributed by atoms with Gasteiger partial charge in [-0.15, -0.1) is 0 Å². The quantitative estimate of drug-likeness (QED) is 0.756. The van der Waals surface area contributed by atoms with Gasteiger partial charge in [-0.05, 0) is 40.0 Å². The fraction of sp³-hybridized carbons (Fsp3) is 0.400. The third kappa shape index (κ3) is 2.30. The molecule has 0 radical (unpaired) electrons. The molecule has 6 heteroatoms. The summed E-state index contributed by atoms with van der Waals surface area (Å²) in [6, 6.07) is 3.35. The lowest BCUT2D eigenvalue weighted by molar-refractivity contribution is -0.119. The molecule has 0 aromatic heterocycles. The Morgan fingerprint density at radius 3 is 2.69 bits per heavy atom. The Morgan fingerprint density at radius 1 is 1.38 bits per heavy atom. The summed E-state index contributed by atoms with van der Waals surface area (Å²) in [5.74, 6) is 0. The minimum absolute atomic E-state index is 0.366. The zero-order valence-corrected chi connectivity index (χ0v) is 10.5. The van der Waals surface area contributed by atoms with Gasteiger partial charge in [0.1, 0.15) is 6.54 Å². The molecule has 1 aliphatic rings. The van der Waals surface area contributed by atoms with Gasteiger partial charge in [0.05, 0.1) is 5.02 Å². The minimum Gasteiger partial charge on any atom is -0.362 e. The lowest BCUT2D eigenvalue weighted by Crippen LogP contribution is -2.32. The Morgan fingerprint density at radius 2 is 2.06 bits per heavy atom. The van der Waals surface area contributed by atoms with Gasteiger partial charge in [-0.1, -0.05) is 11.6 Å². The van der Waals surface area contributed by atoms with Crippen molar-refractivity contribution in [2.75, 3.05) is 18.0 Å². The summed E-state index contributed by atoms with van der Waals surface area (Å²) in [6.07, 6.45) is -3.62. The van der Waals surface area contributed by atoms with Crippen LogP contribution in [0.1, 0.15) is 5.56 Å². The molecule has 1 aliphatic heterocycles. The van der Waals surface area contributed by atoms with E-state index in [0.29, 0.717) is 23.7 Å². The first-order valence-corrected chi connectivity index (χ1v) is 5.84. The van der Waals surface area contributed by atoms with Crippen LogP contribution in [0.5, 0.6) is 0 Å². The van der Waals surface area contributed by atoms with Gasteiger partial charge < -0.3 is 4.90 Å². The number of fused-ring (bicyclic) bond motifs is 1. The molecule has 0 bridgehead atoms. The van der Waals surface area contributed by atoms with Gasteiger partial charge in [0.2, 0.25) is 0 Å². The molecule has 0 amide bonds. The average molecular weight is 315 g/mol. The van der Waals surface area contributed by atoms with E-state index in [2.05, 4.69) is 15.9 Å². The Balaban J connectivity index is 2.31. The zero-order valence-electron chi connectivity index (χ0n) is 8.11. The van der Waals surface area contributed by atoms with Crippen molar-refractivity contribution in [3.8, 4) is 0 Å². The molecule has 0 saturated carbocycles. The van der Waals surface area contributed by atoms with Crippen LogP contribution in [0.25, 0.3) is 0 Å². The fourth-order valence-corrected chi connectivity index (χ4v) is 2.49. The maximum Gasteiger partial charge on any atom is 0.405 e. The largest absolute Gasteiger partial charge is 0.405 e. The third-order valence-corrected chi connectivity index (χ3v) is 3.83. The molecule has 0 fully saturated rings. The van der Waals surface area contributed by atoms with E-state index in [9.17, 15) is 13.2 Å². The summed E-state index contributed by atoms with van der Waals surface area (Å²) >= 11 is 9.28. The van der Waals surface area contributed by atoms with E-state index in [1.807, 2.05) is 0 Å². The van der Waals surface area contributed by atoms with Gasteiger partial charge in [-0.25, -0.2) is 0 Å². The van der Waals surface area contributed by atoms with Crippen LogP contribution in [0, 0.1) is 0 Å². The minimum atomic E-state index is -4.18. The molecular weight excluding hydrogens is 306 g/mol. The van der Waals surface area contributed by atoms with E-state index < -0.39 is 12.7 Å². The van der Waals surface area contributed by atoms with Gasteiger partial charge in [-0.2, -0.15) is 13.2 Å². The second-order valence-corrected chi connectivity index (χ2v) is 4.88. The number of rotatable bonds is 1. The Bertz CT molecular complexity index is 419. The maximum atomic E-state index is 12.3. The van der Waals surface area contributed by atoms with Gasteiger partial charge >= 0.3 is 6.18 Å². The van der Waals surface area contributed by atoms with Crippen molar-refractivity contribution in [3.05, 3.63) is 27.2 Å². The molecule has 0 atom stereocenters. The summed E-state index contributed by atoms with van der Waals surface area (Å²) in [7, 11) is 0.